The number of imidazole rings is 1. The van der Waals surface area contributed by atoms with Gasteiger partial charge in [0.2, 0.25) is 5.91 Å². The summed E-state index contributed by atoms with van der Waals surface area (Å²) in [4.78, 5) is 54.2. The normalized spacial score (nSPS) is 18.7. The van der Waals surface area contributed by atoms with E-state index in [-0.39, 0.29) is 18.7 Å². The summed E-state index contributed by atoms with van der Waals surface area (Å²) in [6.07, 6.45) is 9.16. The molecular weight excluding hydrogens is 596 g/mol. The van der Waals surface area contributed by atoms with E-state index in [0.29, 0.717) is 43.5 Å². The van der Waals surface area contributed by atoms with E-state index >= 15 is 0 Å². The van der Waals surface area contributed by atoms with Gasteiger partial charge in [-0.3, -0.25) is 9.59 Å². The van der Waals surface area contributed by atoms with Crippen LogP contribution in [0.25, 0.3) is 0 Å². The molecule has 0 radical (unpaired) electrons. The Balaban J connectivity index is 1.55. The van der Waals surface area contributed by atoms with Crippen molar-refractivity contribution in [3.05, 3.63) is 54.1 Å². The van der Waals surface area contributed by atoms with Crippen molar-refractivity contribution >= 4 is 17.9 Å². The van der Waals surface area contributed by atoms with Crippen LogP contribution in [0.4, 0.5) is 4.79 Å². The molecule has 1 aromatic heterocycles. The highest BCUT2D eigenvalue weighted by Gasteiger charge is 2.37. The SMILES string of the molecule is CC(C)CCC(O)C(CC1CCCCC1)NC(=O)[C@H](Cc1c[nH]cn1)N(C)C(=O)C(Cc1ccccc1)OC(=O)N1CCN(C)CC1. The molecule has 1 aromatic carbocycles. The zero-order chi connectivity index (χ0) is 33.8. The minimum Gasteiger partial charge on any atom is -0.436 e. The molecule has 0 spiro atoms. The Morgan fingerprint density at radius 3 is 2.38 bits per heavy atom. The third kappa shape index (κ3) is 11.3. The van der Waals surface area contributed by atoms with Crippen LogP contribution in [-0.2, 0) is 27.2 Å². The Labute approximate surface area is 280 Å². The lowest BCUT2D eigenvalue weighted by Gasteiger charge is -2.35. The Hall–Kier alpha value is -3.44. The largest absolute Gasteiger partial charge is 0.436 e. The molecule has 1 saturated carbocycles. The molecular formula is C36H56N6O5. The summed E-state index contributed by atoms with van der Waals surface area (Å²) in [6, 6.07) is 8.09. The van der Waals surface area contributed by atoms with E-state index in [9.17, 15) is 19.5 Å². The monoisotopic (exact) mass is 652 g/mol. The first-order chi connectivity index (χ1) is 22.6. The third-order valence-corrected chi connectivity index (χ3v) is 9.76. The van der Waals surface area contributed by atoms with Crippen LogP contribution in [0.2, 0.25) is 0 Å². The number of aromatic nitrogens is 2. The van der Waals surface area contributed by atoms with Gasteiger partial charge in [-0.15, -0.1) is 0 Å². The summed E-state index contributed by atoms with van der Waals surface area (Å²) in [5, 5.41) is 14.5. The number of benzene rings is 1. The van der Waals surface area contributed by atoms with Gasteiger partial charge in [-0.05, 0) is 43.7 Å². The second kappa shape index (κ2) is 18.2. The van der Waals surface area contributed by atoms with Gasteiger partial charge in [0, 0.05) is 52.3 Å². The number of rotatable bonds is 15. The van der Waals surface area contributed by atoms with E-state index < -0.39 is 36.3 Å². The van der Waals surface area contributed by atoms with Crippen LogP contribution in [0.5, 0.6) is 0 Å². The van der Waals surface area contributed by atoms with Crippen molar-refractivity contribution in [2.45, 2.75) is 102 Å². The average Bonchev–Trinajstić information content (AvgIpc) is 3.59. The molecule has 1 saturated heterocycles. The fraction of sp³-hybridized carbons (Fsp3) is 0.667. The molecule has 3 unspecified atom stereocenters. The van der Waals surface area contributed by atoms with E-state index in [2.05, 4.69) is 34.0 Å². The van der Waals surface area contributed by atoms with Gasteiger partial charge in [0.15, 0.2) is 6.10 Å². The highest BCUT2D eigenvalue weighted by atomic mass is 16.6. The predicted octanol–water partition coefficient (Wildman–Crippen LogP) is 4.03. The number of carbonyl (C=O) groups excluding carboxylic acids is 3. The van der Waals surface area contributed by atoms with E-state index in [4.69, 9.17) is 4.74 Å². The number of aromatic amines is 1. The first kappa shape index (κ1) is 36.4. The van der Waals surface area contributed by atoms with E-state index in [0.717, 1.165) is 37.9 Å². The number of likely N-dealkylation sites (N-methyl/N-ethyl adjacent to an activating group) is 2. The molecule has 3 N–H and O–H groups in total. The average molecular weight is 653 g/mol. The van der Waals surface area contributed by atoms with Gasteiger partial charge >= 0.3 is 6.09 Å². The summed E-state index contributed by atoms with van der Waals surface area (Å²) in [6.45, 7) is 6.74. The first-order valence-corrected chi connectivity index (χ1v) is 17.5. The quantitative estimate of drug-likeness (QED) is 0.265. The zero-order valence-electron chi connectivity index (χ0n) is 28.8. The van der Waals surface area contributed by atoms with Crippen molar-refractivity contribution in [3.8, 4) is 0 Å². The summed E-state index contributed by atoms with van der Waals surface area (Å²) in [5.74, 6) is 0.0615. The van der Waals surface area contributed by atoms with Crippen LogP contribution in [0.1, 0.15) is 76.5 Å². The molecule has 2 aromatic rings. The number of H-pyrrole nitrogens is 1. The van der Waals surface area contributed by atoms with Crippen LogP contribution in [0.15, 0.2) is 42.9 Å². The van der Waals surface area contributed by atoms with Gasteiger partial charge in [0.05, 0.1) is 24.2 Å². The Morgan fingerprint density at radius 1 is 1.04 bits per heavy atom. The number of aliphatic hydroxyl groups excluding tert-OH is 1. The molecule has 11 nitrogen and oxygen atoms in total. The molecule has 4 atom stereocenters. The number of hydrogen-bond donors (Lipinski definition) is 3. The number of amides is 3. The van der Waals surface area contributed by atoms with Crippen molar-refractivity contribution in [2.24, 2.45) is 11.8 Å². The lowest BCUT2D eigenvalue weighted by Crippen LogP contribution is -2.56. The minimum absolute atomic E-state index is 0.167. The van der Waals surface area contributed by atoms with E-state index in [1.165, 1.54) is 24.2 Å². The van der Waals surface area contributed by atoms with Crippen LogP contribution in [-0.4, -0.2) is 112 Å². The van der Waals surface area contributed by atoms with E-state index in [1.807, 2.05) is 37.4 Å². The number of nitrogens with zero attached hydrogens (tertiary/aromatic N) is 4. The van der Waals surface area contributed by atoms with Crippen molar-refractivity contribution in [3.63, 3.8) is 0 Å². The maximum atomic E-state index is 14.3. The Kier molecular flexibility index (Phi) is 14.1. The van der Waals surface area contributed by atoms with Gasteiger partial charge in [-0.2, -0.15) is 0 Å². The number of ether oxygens (including phenoxy) is 1. The molecule has 11 heteroatoms. The van der Waals surface area contributed by atoms with Crippen molar-refractivity contribution in [1.82, 2.24) is 30.0 Å². The van der Waals surface area contributed by atoms with Crippen molar-refractivity contribution in [1.29, 1.82) is 0 Å². The van der Waals surface area contributed by atoms with Crippen LogP contribution >= 0.6 is 0 Å². The number of carbonyl (C=O) groups is 3. The highest BCUT2D eigenvalue weighted by molar-refractivity contribution is 5.90. The van der Waals surface area contributed by atoms with Crippen LogP contribution in [0, 0.1) is 11.8 Å². The van der Waals surface area contributed by atoms with E-state index in [1.54, 1.807) is 24.5 Å². The smallest absolute Gasteiger partial charge is 0.410 e. The van der Waals surface area contributed by atoms with Crippen LogP contribution in [0.3, 0.4) is 0 Å². The zero-order valence-corrected chi connectivity index (χ0v) is 28.8. The summed E-state index contributed by atoms with van der Waals surface area (Å²) < 4.78 is 5.94. The minimum atomic E-state index is -1.13. The van der Waals surface area contributed by atoms with Gasteiger partial charge in [0.1, 0.15) is 6.04 Å². The molecule has 1 aliphatic heterocycles. The summed E-state index contributed by atoms with van der Waals surface area (Å²) in [5.41, 5.74) is 1.47. The maximum absolute atomic E-state index is 14.3. The number of hydrogen-bond acceptors (Lipinski definition) is 7. The number of piperazine rings is 1. The van der Waals surface area contributed by atoms with Gasteiger partial charge in [-0.25, -0.2) is 9.78 Å². The lowest BCUT2D eigenvalue weighted by atomic mass is 9.83. The van der Waals surface area contributed by atoms with Gasteiger partial charge in [0.25, 0.3) is 5.91 Å². The third-order valence-electron chi connectivity index (χ3n) is 9.76. The molecule has 2 fully saturated rings. The fourth-order valence-electron chi connectivity index (χ4n) is 6.66. The van der Waals surface area contributed by atoms with Gasteiger partial charge < -0.3 is 34.8 Å². The molecule has 3 amide bonds. The van der Waals surface area contributed by atoms with Gasteiger partial charge in [-0.1, -0.05) is 76.3 Å². The summed E-state index contributed by atoms with van der Waals surface area (Å²) in [7, 11) is 3.60. The molecule has 47 heavy (non-hydrogen) atoms. The number of nitrogens with one attached hydrogen (secondary N) is 2. The molecule has 0 bridgehead atoms. The lowest BCUT2D eigenvalue weighted by molar-refractivity contribution is -0.146. The number of aliphatic hydroxyl groups is 1. The van der Waals surface area contributed by atoms with Crippen LogP contribution < -0.4 is 5.32 Å². The van der Waals surface area contributed by atoms with Crippen molar-refractivity contribution in [2.75, 3.05) is 40.3 Å². The second-order valence-corrected chi connectivity index (χ2v) is 14.0. The predicted molar refractivity (Wildman–Crippen MR) is 182 cm³/mol. The molecule has 1 aliphatic carbocycles. The topological polar surface area (TPSA) is 131 Å². The molecule has 2 aliphatic rings. The molecule has 4 rings (SSSR count). The Bertz CT molecular complexity index is 1230. The second-order valence-electron chi connectivity index (χ2n) is 14.0. The highest BCUT2D eigenvalue weighted by Crippen LogP contribution is 2.29. The van der Waals surface area contributed by atoms with Crippen molar-refractivity contribution < 1.29 is 24.2 Å². The Morgan fingerprint density at radius 2 is 1.74 bits per heavy atom. The summed E-state index contributed by atoms with van der Waals surface area (Å²) >= 11 is 0. The molecule has 2 heterocycles. The molecule has 260 valence electrons. The maximum Gasteiger partial charge on any atom is 0.410 e. The standard InChI is InChI=1S/C36H56N6O5/c1-26(2)15-16-32(43)30(21-27-11-7-5-8-12-27)39-34(44)31(23-29-24-37-25-38-29)41(4)35(45)33(22-28-13-9-6-10-14-28)47-36(46)42-19-17-40(3)18-20-42/h6,9-10,13-14,24-27,30-33,43H,5,7-8,11-12,15-23H2,1-4H3,(H,37,38)(H,39,44)/t30?,31-,32?,33?/m0/s1. The fourth-order valence-corrected chi connectivity index (χ4v) is 6.66. The first-order valence-electron chi connectivity index (χ1n) is 17.5.